The summed E-state index contributed by atoms with van der Waals surface area (Å²) in [5.74, 6) is 0.511. The van der Waals surface area contributed by atoms with Crippen molar-refractivity contribution in [3.63, 3.8) is 0 Å². The maximum Gasteiger partial charge on any atom is 0.243 e. The number of likely N-dealkylation sites (tertiary alicyclic amines) is 1. The van der Waals surface area contributed by atoms with Crippen LogP contribution in [0.2, 0.25) is 0 Å². The van der Waals surface area contributed by atoms with Crippen molar-refractivity contribution in [3.8, 4) is 12.1 Å². The normalized spacial score (nSPS) is 29.9. The van der Waals surface area contributed by atoms with Crippen molar-refractivity contribution in [1.82, 2.24) is 9.88 Å². The highest BCUT2D eigenvalue weighted by Crippen LogP contribution is 2.59. The van der Waals surface area contributed by atoms with Crippen LogP contribution in [0.4, 0.5) is 0 Å². The molecular weight excluding hydrogens is 288 g/mol. The molecule has 1 saturated carbocycles. The molecule has 2 heterocycles. The summed E-state index contributed by atoms with van der Waals surface area (Å²) >= 11 is 0. The Labute approximate surface area is 135 Å². The SMILES string of the molecule is C[C@H]1CN(C(=O)C2(C#N)CCCC2)[C@@H]2c3cncc(C#N)c3C21. The number of nitrogens with zero attached hydrogens (tertiary/aromatic N) is 4. The quantitative estimate of drug-likeness (QED) is 0.798. The lowest BCUT2D eigenvalue weighted by Crippen LogP contribution is -2.44. The predicted octanol–water partition coefficient (Wildman–Crippen LogP) is 2.65. The van der Waals surface area contributed by atoms with Gasteiger partial charge < -0.3 is 4.90 Å². The molecule has 0 N–H and O–H groups in total. The number of nitriles is 2. The lowest BCUT2D eigenvalue weighted by Gasteiger charge is -2.41. The standard InChI is InChI=1S/C18H18N4O/c1-11-9-22(17(23)18(10-20)4-2-3-5-18)16-13-8-21-7-12(6-19)15(13)14(11)16/h7-8,11,14,16H,2-5,9H2,1H3/t11-,14?,16+/m0/s1. The monoisotopic (exact) mass is 306 g/mol. The van der Waals surface area contributed by atoms with E-state index in [0.29, 0.717) is 30.9 Å². The molecule has 1 aromatic rings. The number of fused-ring (bicyclic) bond motifs is 4. The Morgan fingerprint density at radius 3 is 2.74 bits per heavy atom. The highest BCUT2D eigenvalue weighted by molar-refractivity contribution is 5.87. The zero-order valence-corrected chi connectivity index (χ0v) is 13.1. The van der Waals surface area contributed by atoms with Gasteiger partial charge in [-0.05, 0) is 29.9 Å². The van der Waals surface area contributed by atoms with Gasteiger partial charge in [-0.15, -0.1) is 0 Å². The van der Waals surface area contributed by atoms with E-state index in [2.05, 4.69) is 24.0 Å². The Morgan fingerprint density at radius 1 is 1.35 bits per heavy atom. The van der Waals surface area contributed by atoms with Gasteiger partial charge in [-0.3, -0.25) is 9.78 Å². The molecular formula is C18H18N4O. The minimum Gasteiger partial charge on any atom is -0.333 e. The first-order valence-corrected chi connectivity index (χ1v) is 8.23. The molecule has 3 aliphatic rings. The van der Waals surface area contributed by atoms with Gasteiger partial charge in [0.2, 0.25) is 5.91 Å². The van der Waals surface area contributed by atoms with Crippen LogP contribution in [0.15, 0.2) is 12.4 Å². The van der Waals surface area contributed by atoms with E-state index in [9.17, 15) is 15.3 Å². The molecule has 2 aliphatic carbocycles. The smallest absolute Gasteiger partial charge is 0.243 e. The number of carbonyl (C=O) groups is 1. The number of hydrogen-bond acceptors (Lipinski definition) is 4. The largest absolute Gasteiger partial charge is 0.333 e. The van der Waals surface area contributed by atoms with E-state index in [1.165, 1.54) is 0 Å². The Kier molecular flexibility index (Phi) is 2.96. The van der Waals surface area contributed by atoms with E-state index in [-0.39, 0.29) is 17.9 Å². The number of pyridine rings is 1. The minimum absolute atomic E-state index is 0.000810. The number of hydrogen-bond donors (Lipinski definition) is 0. The molecule has 0 spiro atoms. The number of carbonyl (C=O) groups excluding carboxylic acids is 1. The topological polar surface area (TPSA) is 80.8 Å². The van der Waals surface area contributed by atoms with E-state index < -0.39 is 5.41 Å². The number of aromatic nitrogens is 1. The van der Waals surface area contributed by atoms with Gasteiger partial charge >= 0.3 is 0 Å². The molecule has 1 unspecified atom stereocenters. The molecule has 1 amide bonds. The summed E-state index contributed by atoms with van der Waals surface area (Å²) in [7, 11) is 0. The fourth-order valence-electron chi connectivity index (χ4n) is 4.77. The third kappa shape index (κ3) is 1.71. The molecule has 3 atom stereocenters. The fraction of sp³-hybridized carbons (Fsp3) is 0.556. The molecule has 0 bridgehead atoms. The maximum absolute atomic E-state index is 13.1. The number of amides is 1. The van der Waals surface area contributed by atoms with Crippen molar-refractivity contribution in [3.05, 3.63) is 29.1 Å². The van der Waals surface area contributed by atoms with Crippen molar-refractivity contribution in [2.75, 3.05) is 6.54 Å². The second-order valence-corrected chi connectivity index (χ2v) is 7.11. The van der Waals surface area contributed by atoms with Gasteiger partial charge in [0, 0.05) is 24.9 Å². The van der Waals surface area contributed by atoms with Crippen molar-refractivity contribution in [2.45, 2.75) is 44.6 Å². The van der Waals surface area contributed by atoms with Crippen molar-refractivity contribution in [1.29, 1.82) is 10.5 Å². The molecule has 2 fully saturated rings. The highest BCUT2D eigenvalue weighted by Gasteiger charge is 2.56. The molecule has 0 aromatic carbocycles. The zero-order chi connectivity index (χ0) is 16.2. The van der Waals surface area contributed by atoms with E-state index in [1.54, 1.807) is 12.4 Å². The van der Waals surface area contributed by atoms with Gasteiger partial charge in [0.15, 0.2) is 0 Å². The Bertz CT molecular complexity index is 766. The summed E-state index contributed by atoms with van der Waals surface area (Å²) in [4.78, 5) is 19.2. The molecule has 23 heavy (non-hydrogen) atoms. The van der Waals surface area contributed by atoms with Gasteiger partial charge in [-0.1, -0.05) is 19.8 Å². The lowest BCUT2D eigenvalue weighted by atomic mass is 9.69. The Morgan fingerprint density at radius 2 is 2.09 bits per heavy atom. The van der Waals surface area contributed by atoms with Crippen molar-refractivity contribution < 1.29 is 4.79 Å². The highest BCUT2D eigenvalue weighted by atomic mass is 16.2. The van der Waals surface area contributed by atoms with Gasteiger partial charge in [-0.25, -0.2) is 0 Å². The van der Waals surface area contributed by atoms with Gasteiger partial charge in [-0.2, -0.15) is 10.5 Å². The molecule has 1 aromatic heterocycles. The maximum atomic E-state index is 13.1. The molecule has 4 rings (SSSR count). The first kappa shape index (κ1) is 14.2. The van der Waals surface area contributed by atoms with Crippen molar-refractivity contribution >= 4 is 5.91 Å². The lowest BCUT2D eigenvalue weighted by molar-refractivity contribution is -0.140. The fourth-order valence-corrected chi connectivity index (χ4v) is 4.77. The predicted molar refractivity (Wildman–Crippen MR) is 81.8 cm³/mol. The molecule has 5 nitrogen and oxygen atoms in total. The minimum atomic E-state index is -0.829. The van der Waals surface area contributed by atoms with Crippen LogP contribution in [-0.2, 0) is 4.79 Å². The van der Waals surface area contributed by atoms with E-state index in [0.717, 1.165) is 24.0 Å². The third-order valence-corrected chi connectivity index (χ3v) is 5.91. The number of rotatable bonds is 1. The Hall–Kier alpha value is -2.40. The third-order valence-electron chi connectivity index (χ3n) is 5.91. The summed E-state index contributed by atoms with van der Waals surface area (Å²) < 4.78 is 0. The average Bonchev–Trinajstić information content (AvgIpc) is 3.14. The summed E-state index contributed by atoms with van der Waals surface area (Å²) in [5, 5.41) is 18.9. The van der Waals surface area contributed by atoms with E-state index in [4.69, 9.17) is 0 Å². The second kappa shape index (κ2) is 4.80. The molecule has 5 heteroatoms. The average molecular weight is 306 g/mol. The van der Waals surface area contributed by atoms with Crippen molar-refractivity contribution in [2.24, 2.45) is 11.3 Å². The Balaban J connectivity index is 1.72. The second-order valence-electron chi connectivity index (χ2n) is 7.11. The molecule has 1 aliphatic heterocycles. The van der Waals surface area contributed by atoms with Crippen LogP contribution in [0.1, 0.15) is 61.3 Å². The summed E-state index contributed by atoms with van der Waals surface area (Å²) in [5.41, 5.74) is 1.86. The first-order valence-electron chi connectivity index (χ1n) is 8.23. The molecule has 1 saturated heterocycles. The van der Waals surface area contributed by atoms with Gasteiger partial charge in [0.05, 0.1) is 17.7 Å². The van der Waals surface area contributed by atoms with Gasteiger partial charge in [0.1, 0.15) is 11.5 Å². The zero-order valence-electron chi connectivity index (χ0n) is 13.1. The molecule has 0 radical (unpaired) electrons. The summed E-state index contributed by atoms with van der Waals surface area (Å²) in [6.45, 7) is 2.79. The first-order chi connectivity index (χ1) is 11.1. The van der Waals surface area contributed by atoms with E-state index in [1.807, 2.05) is 4.90 Å². The van der Waals surface area contributed by atoms with Gasteiger partial charge in [0.25, 0.3) is 0 Å². The van der Waals surface area contributed by atoms with Crippen LogP contribution in [0, 0.1) is 34.0 Å². The van der Waals surface area contributed by atoms with Crippen LogP contribution < -0.4 is 0 Å². The van der Waals surface area contributed by atoms with E-state index >= 15 is 0 Å². The van der Waals surface area contributed by atoms with Crippen LogP contribution >= 0.6 is 0 Å². The van der Waals surface area contributed by atoms with Crippen LogP contribution in [-0.4, -0.2) is 22.3 Å². The van der Waals surface area contributed by atoms with Crippen LogP contribution in [0.3, 0.4) is 0 Å². The van der Waals surface area contributed by atoms with Crippen LogP contribution in [0.25, 0.3) is 0 Å². The summed E-state index contributed by atoms with van der Waals surface area (Å²) in [6.07, 6.45) is 6.65. The summed E-state index contributed by atoms with van der Waals surface area (Å²) in [6, 6.07) is 4.53. The van der Waals surface area contributed by atoms with Crippen LogP contribution in [0.5, 0.6) is 0 Å². The molecule has 116 valence electrons.